The Bertz CT molecular complexity index is 514. The van der Waals surface area contributed by atoms with Crippen molar-refractivity contribution in [1.82, 2.24) is 19.8 Å². The van der Waals surface area contributed by atoms with E-state index in [1.165, 1.54) is 0 Å². The maximum atomic E-state index is 12.0. The van der Waals surface area contributed by atoms with Crippen molar-refractivity contribution < 1.29 is 5.11 Å². The molecule has 1 aliphatic heterocycles. The molecule has 6 heteroatoms. The lowest BCUT2D eigenvalue weighted by atomic mass is 10.1. The van der Waals surface area contributed by atoms with Crippen molar-refractivity contribution in [2.24, 2.45) is 0 Å². The fourth-order valence-corrected chi connectivity index (χ4v) is 2.72. The van der Waals surface area contributed by atoms with Gasteiger partial charge in [0.15, 0.2) is 0 Å². The number of aryl methyl sites for hydroxylation is 1. The lowest BCUT2D eigenvalue weighted by Gasteiger charge is -2.37. The second kappa shape index (κ2) is 6.47. The molecule has 0 spiro atoms. The lowest BCUT2D eigenvalue weighted by Crippen LogP contribution is -2.51. The summed E-state index contributed by atoms with van der Waals surface area (Å²) in [7, 11) is 4.23. The van der Waals surface area contributed by atoms with Gasteiger partial charge in [0.1, 0.15) is 5.82 Å². The summed E-state index contributed by atoms with van der Waals surface area (Å²) in [5.41, 5.74) is 1.20. The van der Waals surface area contributed by atoms with E-state index in [0.717, 1.165) is 37.6 Å². The van der Waals surface area contributed by atoms with Crippen LogP contribution in [0.2, 0.25) is 0 Å². The summed E-state index contributed by atoms with van der Waals surface area (Å²) in [4.78, 5) is 24.0. The smallest absolute Gasteiger partial charge is 0.254 e. The molecule has 20 heavy (non-hydrogen) atoms. The van der Waals surface area contributed by atoms with Crippen LogP contribution in [0.25, 0.3) is 0 Å². The van der Waals surface area contributed by atoms with Gasteiger partial charge in [0.25, 0.3) is 5.56 Å². The minimum atomic E-state index is -0.117. The number of rotatable bonds is 4. The van der Waals surface area contributed by atoms with E-state index in [2.05, 4.69) is 33.9 Å². The van der Waals surface area contributed by atoms with Crippen LogP contribution >= 0.6 is 0 Å². The number of H-pyrrole nitrogens is 1. The molecule has 1 aliphatic rings. The third-order valence-electron chi connectivity index (χ3n) is 4.04. The molecule has 0 aliphatic carbocycles. The molecule has 1 aromatic heterocycles. The van der Waals surface area contributed by atoms with Crippen LogP contribution in [-0.2, 0) is 12.8 Å². The molecule has 0 saturated carbocycles. The highest BCUT2D eigenvalue weighted by atomic mass is 16.3. The normalized spacial score (nSPS) is 21.3. The fourth-order valence-electron chi connectivity index (χ4n) is 2.72. The van der Waals surface area contributed by atoms with Crippen molar-refractivity contribution in [3.8, 4) is 0 Å². The van der Waals surface area contributed by atoms with Gasteiger partial charge in [-0.2, -0.15) is 0 Å². The molecule has 0 aromatic carbocycles. The van der Waals surface area contributed by atoms with Crippen LogP contribution in [0.4, 0.5) is 0 Å². The zero-order chi connectivity index (χ0) is 14.7. The van der Waals surface area contributed by atoms with Gasteiger partial charge < -0.3 is 19.9 Å². The van der Waals surface area contributed by atoms with Gasteiger partial charge >= 0.3 is 0 Å². The molecule has 2 heterocycles. The second-order valence-electron chi connectivity index (χ2n) is 5.65. The summed E-state index contributed by atoms with van der Waals surface area (Å²) in [6.45, 7) is 4.90. The average molecular weight is 280 g/mol. The maximum Gasteiger partial charge on any atom is 0.254 e. The maximum absolute atomic E-state index is 12.0. The SMILES string of the molecule is Cc1nc(CC2CN(C)CCN2C)[nH]c(=O)c1CCO. The first-order valence-electron chi connectivity index (χ1n) is 7.09. The predicted molar refractivity (Wildman–Crippen MR) is 78.0 cm³/mol. The zero-order valence-electron chi connectivity index (χ0n) is 12.5. The highest BCUT2D eigenvalue weighted by Gasteiger charge is 2.23. The first-order chi connectivity index (χ1) is 9.51. The Hall–Kier alpha value is -1.24. The van der Waals surface area contributed by atoms with Gasteiger partial charge in [-0.3, -0.25) is 4.79 Å². The molecule has 112 valence electrons. The van der Waals surface area contributed by atoms with E-state index >= 15 is 0 Å². The van der Waals surface area contributed by atoms with Crippen LogP contribution in [0, 0.1) is 6.92 Å². The number of aliphatic hydroxyl groups is 1. The Balaban J connectivity index is 2.15. The lowest BCUT2D eigenvalue weighted by molar-refractivity contribution is 0.113. The number of likely N-dealkylation sites (N-methyl/N-ethyl adjacent to an activating group) is 2. The Morgan fingerprint density at radius 2 is 2.15 bits per heavy atom. The molecule has 1 atom stereocenters. The summed E-state index contributed by atoms with van der Waals surface area (Å²) in [5, 5.41) is 8.97. The number of aromatic amines is 1. The summed E-state index contributed by atoms with van der Waals surface area (Å²) < 4.78 is 0. The molecule has 6 nitrogen and oxygen atoms in total. The third-order valence-corrected chi connectivity index (χ3v) is 4.04. The van der Waals surface area contributed by atoms with Crippen molar-refractivity contribution in [2.75, 3.05) is 40.3 Å². The van der Waals surface area contributed by atoms with E-state index in [4.69, 9.17) is 5.11 Å². The predicted octanol–water partition coefficient (Wildman–Crippen LogP) is -0.599. The minimum absolute atomic E-state index is 0.0267. The molecular formula is C14H24N4O2. The number of hydrogen-bond acceptors (Lipinski definition) is 5. The molecule has 1 fully saturated rings. The standard InChI is InChI=1S/C14H24N4O2/c1-10-12(4-7-19)14(20)16-13(15-10)8-11-9-17(2)5-6-18(11)3/h11,19H,4-9H2,1-3H3,(H,15,16,20). The van der Waals surface area contributed by atoms with E-state index in [0.29, 0.717) is 18.0 Å². The minimum Gasteiger partial charge on any atom is -0.396 e. The molecule has 0 radical (unpaired) electrons. The number of nitrogens with zero attached hydrogens (tertiary/aromatic N) is 3. The largest absolute Gasteiger partial charge is 0.396 e. The molecule has 0 bridgehead atoms. The van der Waals surface area contributed by atoms with Crippen molar-refractivity contribution in [1.29, 1.82) is 0 Å². The second-order valence-corrected chi connectivity index (χ2v) is 5.65. The van der Waals surface area contributed by atoms with E-state index < -0.39 is 0 Å². The topological polar surface area (TPSA) is 72.5 Å². The van der Waals surface area contributed by atoms with Crippen LogP contribution < -0.4 is 5.56 Å². The Morgan fingerprint density at radius 1 is 1.40 bits per heavy atom. The van der Waals surface area contributed by atoms with Crippen molar-refractivity contribution in [3.63, 3.8) is 0 Å². The highest BCUT2D eigenvalue weighted by molar-refractivity contribution is 5.17. The van der Waals surface area contributed by atoms with Crippen LogP contribution in [-0.4, -0.2) is 71.3 Å². The molecule has 2 N–H and O–H groups in total. The van der Waals surface area contributed by atoms with E-state index in [1.807, 2.05) is 6.92 Å². The van der Waals surface area contributed by atoms with Crippen molar-refractivity contribution >= 4 is 0 Å². The molecule has 2 rings (SSSR count). The molecule has 0 amide bonds. The number of piperazine rings is 1. The van der Waals surface area contributed by atoms with Crippen LogP contribution in [0.1, 0.15) is 17.1 Å². The van der Waals surface area contributed by atoms with E-state index in [1.54, 1.807) is 0 Å². The number of nitrogens with one attached hydrogen (secondary N) is 1. The number of aliphatic hydroxyl groups excluding tert-OH is 1. The Labute approximate surface area is 119 Å². The molecule has 1 saturated heterocycles. The van der Waals surface area contributed by atoms with Gasteiger partial charge in [-0.25, -0.2) is 4.98 Å². The van der Waals surface area contributed by atoms with Gasteiger partial charge in [-0.15, -0.1) is 0 Å². The van der Waals surface area contributed by atoms with Crippen LogP contribution in [0.5, 0.6) is 0 Å². The fraction of sp³-hybridized carbons (Fsp3) is 0.714. The summed E-state index contributed by atoms with van der Waals surface area (Å²) >= 11 is 0. The quantitative estimate of drug-likeness (QED) is 0.771. The molecule has 1 aromatic rings. The Morgan fingerprint density at radius 3 is 2.80 bits per heavy atom. The van der Waals surface area contributed by atoms with Crippen molar-refractivity contribution in [2.45, 2.75) is 25.8 Å². The van der Waals surface area contributed by atoms with Gasteiger partial charge in [-0.05, 0) is 21.0 Å². The van der Waals surface area contributed by atoms with Crippen LogP contribution in [0.15, 0.2) is 4.79 Å². The van der Waals surface area contributed by atoms with Gasteiger partial charge in [0.05, 0.1) is 0 Å². The first-order valence-corrected chi connectivity index (χ1v) is 7.09. The first kappa shape index (κ1) is 15.2. The zero-order valence-corrected chi connectivity index (χ0v) is 12.5. The number of hydrogen-bond donors (Lipinski definition) is 2. The molecular weight excluding hydrogens is 256 g/mol. The summed E-state index contributed by atoms with van der Waals surface area (Å²) in [5.74, 6) is 0.737. The van der Waals surface area contributed by atoms with Gasteiger partial charge in [0.2, 0.25) is 0 Å². The van der Waals surface area contributed by atoms with Crippen molar-refractivity contribution in [3.05, 3.63) is 27.4 Å². The van der Waals surface area contributed by atoms with Gasteiger partial charge in [0, 0.05) is 56.4 Å². The van der Waals surface area contributed by atoms with Gasteiger partial charge in [-0.1, -0.05) is 0 Å². The molecule has 1 unspecified atom stereocenters. The third kappa shape index (κ3) is 3.45. The van der Waals surface area contributed by atoms with E-state index in [-0.39, 0.29) is 12.2 Å². The average Bonchev–Trinajstić information content (AvgIpc) is 2.38. The van der Waals surface area contributed by atoms with E-state index in [9.17, 15) is 4.79 Å². The monoisotopic (exact) mass is 280 g/mol. The summed E-state index contributed by atoms with van der Waals surface area (Å²) in [6, 6.07) is 0.375. The highest BCUT2D eigenvalue weighted by Crippen LogP contribution is 2.10. The number of aromatic nitrogens is 2. The summed E-state index contributed by atoms with van der Waals surface area (Å²) in [6.07, 6.45) is 1.11. The Kier molecular flexibility index (Phi) is 4.91. The van der Waals surface area contributed by atoms with Crippen LogP contribution in [0.3, 0.4) is 0 Å².